The molecule has 0 saturated carbocycles. The molecule has 0 saturated heterocycles. The molecule has 2 aromatic heterocycles. The third-order valence-electron chi connectivity index (χ3n) is 9.26. The highest BCUT2D eigenvalue weighted by molar-refractivity contribution is 7.18. The molecule has 218 valence electrons. The zero-order valence-electron chi connectivity index (χ0n) is 25.7. The zero-order chi connectivity index (χ0) is 30.8. The van der Waals surface area contributed by atoms with Gasteiger partial charge in [0.1, 0.15) is 11.2 Å². The molecule has 1 nitrogen and oxygen atoms in total. The topological polar surface area (TPSA) is 13.1 Å². The summed E-state index contributed by atoms with van der Waals surface area (Å²) in [4.78, 5) is 2.45. The van der Waals surface area contributed by atoms with Gasteiger partial charge in [0.05, 0.1) is 0 Å². The van der Waals surface area contributed by atoms with E-state index in [-0.39, 0.29) is 0 Å². The van der Waals surface area contributed by atoms with Gasteiger partial charge >= 0.3 is 0 Å². The largest absolute Gasteiger partial charge is 0.455 e. The van der Waals surface area contributed by atoms with Crippen LogP contribution in [0.1, 0.15) is 11.1 Å². The summed E-state index contributed by atoms with van der Waals surface area (Å²) in [7, 11) is 0. The van der Waals surface area contributed by atoms with Gasteiger partial charge in [-0.2, -0.15) is 0 Å². The van der Waals surface area contributed by atoms with Crippen LogP contribution in [-0.4, -0.2) is 0 Å². The molecule has 9 aromatic rings. The number of hydrogen-bond donors (Lipinski definition) is 0. The van der Waals surface area contributed by atoms with Crippen LogP contribution in [0.2, 0.25) is 0 Å². The van der Waals surface area contributed by atoms with Crippen molar-refractivity contribution in [2.24, 2.45) is 0 Å². The smallest absolute Gasteiger partial charge is 0.144 e. The van der Waals surface area contributed by atoms with E-state index in [0.717, 1.165) is 27.5 Å². The van der Waals surface area contributed by atoms with Crippen molar-refractivity contribution in [3.63, 3.8) is 0 Å². The maximum Gasteiger partial charge on any atom is 0.144 e. The van der Waals surface area contributed by atoms with Gasteiger partial charge in [-0.1, -0.05) is 126 Å². The van der Waals surface area contributed by atoms with Crippen molar-refractivity contribution < 1.29 is 4.42 Å². The molecule has 0 atom stereocenters. The summed E-state index contributed by atoms with van der Waals surface area (Å²) in [5.74, 6) is 0. The lowest BCUT2D eigenvalue weighted by Gasteiger charge is -2.18. The molecule has 46 heavy (non-hydrogen) atoms. The van der Waals surface area contributed by atoms with Crippen molar-refractivity contribution >= 4 is 54.8 Å². The summed E-state index contributed by atoms with van der Waals surface area (Å²) >= 11 is 1.82. The lowest BCUT2D eigenvalue weighted by atomic mass is 9.85. The molecule has 9 rings (SSSR count). The summed E-state index contributed by atoms with van der Waals surface area (Å²) in [6, 6.07) is 53.1. The van der Waals surface area contributed by atoms with Gasteiger partial charge in [0.15, 0.2) is 0 Å². The number of aryl methyl sites for hydroxylation is 2. The molecule has 0 radical (unpaired) electrons. The van der Waals surface area contributed by atoms with Gasteiger partial charge in [0.2, 0.25) is 0 Å². The van der Waals surface area contributed by atoms with Gasteiger partial charge in [-0.15, -0.1) is 11.3 Å². The van der Waals surface area contributed by atoms with E-state index in [1.165, 1.54) is 70.2 Å². The van der Waals surface area contributed by atoms with E-state index in [0.29, 0.717) is 0 Å². The fraction of sp³-hybridized carbons (Fsp3) is 0.0455. The Kier molecular flexibility index (Phi) is 6.19. The molecular formula is C44H30OS. The number of benzene rings is 7. The van der Waals surface area contributed by atoms with Gasteiger partial charge < -0.3 is 4.42 Å². The minimum Gasteiger partial charge on any atom is -0.455 e. The van der Waals surface area contributed by atoms with E-state index in [4.69, 9.17) is 4.42 Å². The van der Waals surface area contributed by atoms with Crippen molar-refractivity contribution in [2.75, 3.05) is 0 Å². The van der Waals surface area contributed by atoms with Crippen LogP contribution in [0.5, 0.6) is 0 Å². The quantitative estimate of drug-likeness (QED) is 0.182. The van der Waals surface area contributed by atoms with E-state index in [1.54, 1.807) is 0 Å². The Bertz CT molecular complexity index is 2580. The first-order valence-corrected chi connectivity index (χ1v) is 16.6. The molecule has 0 fully saturated rings. The third kappa shape index (κ3) is 4.29. The molecule has 0 aliphatic heterocycles. The zero-order valence-corrected chi connectivity index (χ0v) is 26.5. The van der Waals surface area contributed by atoms with Crippen molar-refractivity contribution in [1.29, 1.82) is 0 Å². The number of rotatable bonds is 4. The highest BCUT2D eigenvalue weighted by atomic mass is 32.1. The molecular weight excluding hydrogens is 577 g/mol. The van der Waals surface area contributed by atoms with Gasteiger partial charge in [-0.05, 0) is 93.5 Å². The van der Waals surface area contributed by atoms with Crippen molar-refractivity contribution in [2.45, 2.75) is 13.8 Å². The number of fused-ring (bicyclic) bond motifs is 5. The minimum atomic E-state index is 0.927. The highest BCUT2D eigenvalue weighted by Crippen LogP contribution is 2.46. The second-order valence-electron chi connectivity index (χ2n) is 12.2. The number of hydrogen-bond acceptors (Lipinski definition) is 2. The molecule has 0 N–H and O–H groups in total. The summed E-state index contributed by atoms with van der Waals surface area (Å²) in [5.41, 5.74) is 11.8. The Hall–Kier alpha value is -5.44. The monoisotopic (exact) mass is 606 g/mol. The average molecular weight is 607 g/mol. The number of thiophene rings is 1. The molecule has 2 heterocycles. The van der Waals surface area contributed by atoms with E-state index in [2.05, 4.69) is 147 Å². The van der Waals surface area contributed by atoms with Crippen molar-refractivity contribution in [1.82, 2.24) is 0 Å². The first-order chi connectivity index (χ1) is 22.6. The summed E-state index contributed by atoms with van der Waals surface area (Å²) in [6.07, 6.45) is 0. The van der Waals surface area contributed by atoms with E-state index in [9.17, 15) is 0 Å². The second-order valence-corrected chi connectivity index (χ2v) is 13.3. The second kappa shape index (κ2) is 10.6. The van der Waals surface area contributed by atoms with Gasteiger partial charge in [-0.3, -0.25) is 0 Å². The lowest BCUT2D eigenvalue weighted by Crippen LogP contribution is -1.91. The third-order valence-corrected chi connectivity index (χ3v) is 10.4. The molecule has 7 aromatic carbocycles. The van der Waals surface area contributed by atoms with Crippen molar-refractivity contribution in [3.8, 4) is 43.1 Å². The molecule has 2 heteroatoms. The summed E-state index contributed by atoms with van der Waals surface area (Å²) in [5, 5.41) is 7.41. The molecule has 0 spiro atoms. The maximum absolute atomic E-state index is 6.39. The Morgan fingerprint density at radius 3 is 1.65 bits per heavy atom. The van der Waals surface area contributed by atoms with Crippen LogP contribution in [0.3, 0.4) is 0 Å². The molecule has 0 aliphatic carbocycles. The average Bonchev–Trinajstić information content (AvgIpc) is 3.74. The molecule has 0 aliphatic rings. The van der Waals surface area contributed by atoms with Crippen LogP contribution in [0.25, 0.3) is 86.6 Å². The first-order valence-electron chi connectivity index (χ1n) is 15.8. The van der Waals surface area contributed by atoms with Gasteiger partial charge in [0, 0.05) is 26.1 Å². The summed E-state index contributed by atoms with van der Waals surface area (Å²) in [6.45, 7) is 4.30. The van der Waals surface area contributed by atoms with Gasteiger partial charge in [-0.25, -0.2) is 0 Å². The van der Waals surface area contributed by atoms with Crippen LogP contribution in [0.15, 0.2) is 150 Å². The summed E-state index contributed by atoms with van der Waals surface area (Å²) < 4.78 is 6.39. The predicted molar refractivity (Wildman–Crippen MR) is 198 cm³/mol. The van der Waals surface area contributed by atoms with Gasteiger partial charge in [0.25, 0.3) is 0 Å². The first kappa shape index (κ1) is 26.9. The fourth-order valence-corrected chi connectivity index (χ4v) is 8.00. The number of furan rings is 1. The normalized spacial score (nSPS) is 11.7. The van der Waals surface area contributed by atoms with E-state index in [1.807, 2.05) is 23.5 Å². The lowest BCUT2D eigenvalue weighted by molar-refractivity contribution is 0.670. The Balaban J connectivity index is 1.28. The standard InChI is InChI=1S/C44H30OS/c1-27-14-18-29(19-15-27)42-33-9-3-4-10-34(33)43(30-20-16-28(2)17-21-30)38-26-31(22-23-35(38)42)40-24-25-41(46-40)37-12-7-11-36-32-8-5-6-13-39(32)45-44(36)37/h3-26H,1-2H3. The van der Waals surface area contributed by atoms with E-state index < -0.39 is 0 Å². The Morgan fingerprint density at radius 1 is 0.413 bits per heavy atom. The van der Waals surface area contributed by atoms with Crippen LogP contribution in [0.4, 0.5) is 0 Å². The molecule has 0 unspecified atom stereocenters. The van der Waals surface area contributed by atoms with Crippen molar-refractivity contribution in [3.05, 3.63) is 157 Å². The molecule has 0 bridgehead atoms. The Labute approximate surface area is 272 Å². The minimum absolute atomic E-state index is 0.927. The van der Waals surface area contributed by atoms with Crippen LogP contribution in [-0.2, 0) is 0 Å². The Morgan fingerprint density at radius 2 is 0.957 bits per heavy atom. The number of para-hydroxylation sites is 2. The maximum atomic E-state index is 6.39. The van der Waals surface area contributed by atoms with Crippen LogP contribution >= 0.6 is 11.3 Å². The van der Waals surface area contributed by atoms with Crippen LogP contribution < -0.4 is 0 Å². The predicted octanol–water partition coefficient (Wildman–Crippen LogP) is 13.2. The SMILES string of the molecule is Cc1ccc(-c2c3ccccc3c(-c3ccc(C)cc3)c3cc(-c4ccc(-c5cccc6c5oc5ccccc56)s4)ccc23)cc1. The molecule has 0 amide bonds. The highest BCUT2D eigenvalue weighted by Gasteiger charge is 2.19. The van der Waals surface area contributed by atoms with E-state index >= 15 is 0 Å². The fourth-order valence-electron chi connectivity index (χ4n) is 6.97. The van der Waals surface area contributed by atoms with Crippen LogP contribution in [0, 0.1) is 13.8 Å².